The number of benzene rings is 3. The zero-order chi connectivity index (χ0) is 22.4. The predicted octanol–water partition coefficient (Wildman–Crippen LogP) is 5.93. The number of anilines is 2. The lowest BCUT2D eigenvalue weighted by Crippen LogP contribution is -2.13. The van der Waals surface area contributed by atoms with Gasteiger partial charge in [0.05, 0.1) is 15.6 Å². The minimum Gasteiger partial charge on any atom is -0.322 e. The first-order chi connectivity index (χ1) is 14.9. The van der Waals surface area contributed by atoms with E-state index in [2.05, 4.69) is 10.6 Å². The van der Waals surface area contributed by atoms with Crippen molar-refractivity contribution >= 4 is 52.5 Å². The maximum absolute atomic E-state index is 13.3. The van der Waals surface area contributed by atoms with Gasteiger partial charge in [0.2, 0.25) is 0 Å². The second kappa shape index (κ2) is 9.90. The van der Waals surface area contributed by atoms with E-state index in [1.807, 2.05) is 6.07 Å². The fraction of sp³-hybridized carbons (Fsp3) is 0. The molecule has 0 spiro atoms. The molecule has 0 saturated carbocycles. The second-order valence-corrected chi connectivity index (χ2v) is 7.13. The summed E-state index contributed by atoms with van der Waals surface area (Å²) < 4.78 is 13.3. The lowest BCUT2D eigenvalue weighted by Gasteiger charge is -2.08. The minimum absolute atomic E-state index is 0.151. The third-order valence-electron chi connectivity index (χ3n) is 4.12. The third-order valence-corrected chi connectivity index (χ3v) is 4.74. The molecule has 3 rings (SSSR count). The van der Waals surface area contributed by atoms with Gasteiger partial charge in [-0.3, -0.25) is 9.59 Å². The summed E-state index contributed by atoms with van der Waals surface area (Å²) in [7, 11) is 0. The van der Waals surface area contributed by atoms with Crippen molar-refractivity contribution in [3.05, 3.63) is 99.3 Å². The number of rotatable bonds is 5. The van der Waals surface area contributed by atoms with Crippen molar-refractivity contribution in [2.24, 2.45) is 0 Å². The van der Waals surface area contributed by atoms with E-state index < -0.39 is 17.6 Å². The first kappa shape index (κ1) is 22.0. The van der Waals surface area contributed by atoms with E-state index in [0.29, 0.717) is 21.8 Å². The molecule has 0 heterocycles. The smallest absolute Gasteiger partial charge is 0.266 e. The number of amides is 2. The van der Waals surface area contributed by atoms with Gasteiger partial charge < -0.3 is 10.6 Å². The molecule has 0 unspecified atom stereocenters. The summed E-state index contributed by atoms with van der Waals surface area (Å²) in [4.78, 5) is 24.8. The molecular formula is C23H14Cl2FN3O2. The van der Waals surface area contributed by atoms with E-state index >= 15 is 0 Å². The standard InChI is InChI=1S/C23H14Cl2FN3O2/c24-19-7-2-1-6-18(19)23(31)29-16-5-3-4-14(11-16)10-15(13-27)22(30)28-17-8-9-21(26)20(25)12-17/h1-12H,(H,28,30)(H,29,31)/b15-10+. The Morgan fingerprint density at radius 1 is 0.903 bits per heavy atom. The summed E-state index contributed by atoms with van der Waals surface area (Å²) >= 11 is 11.7. The van der Waals surface area contributed by atoms with Gasteiger partial charge in [-0.15, -0.1) is 0 Å². The number of nitriles is 1. The van der Waals surface area contributed by atoms with Crippen LogP contribution in [0.3, 0.4) is 0 Å². The minimum atomic E-state index is -0.685. The fourth-order valence-corrected chi connectivity index (χ4v) is 3.04. The van der Waals surface area contributed by atoms with Crippen LogP contribution in [0.5, 0.6) is 0 Å². The molecule has 2 amide bonds. The van der Waals surface area contributed by atoms with Gasteiger partial charge in [0.25, 0.3) is 11.8 Å². The first-order valence-corrected chi connectivity index (χ1v) is 9.67. The molecule has 0 saturated heterocycles. The molecule has 31 heavy (non-hydrogen) atoms. The Labute approximate surface area is 187 Å². The monoisotopic (exact) mass is 453 g/mol. The highest BCUT2D eigenvalue weighted by Crippen LogP contribution is 2.21. The van der Waals surface area contributed by atoms with Gasteiger partial charge in [0.1, 0.15) is 17.5 Å². The van der Waals surface area contributed by atoms with Crippen molar-refractivity contribution in [1.29, 1.82) is 5.26 Å². The van der Waals surface area contributed by atoms with Crippen molar-refractivity contribution in [2.75, 3.05) is 10.6 Å². The van der Waals surface area contributed by atoms with Crippen LogP contribution in [0.4, 0.5) is 15.8 Å². The average Bonchev–Trinajstić information content (AvgIpc) is 2.75. The van der Waals surface area contributed by atoms with Crippen LogP contribution in [0.25, 0.3) is 6.08 Å². The topological polar surface area (TPSA) is 82.0 Å². The zero-order valence-electron chi connectivity index (χ0n) is 15.8. The average molecular weight is 454 g/mol. The summed E-state index contributed by atoms with van der Waals surface area (Å²) in [5.74, 6) is -1.69. The van der Waals surface area contributed by atoms with E-state index in [1.54, 1.807) is 48.5 Å². The molecule has 0 aliphatic heterocycles. The molecule has 0 bridgehead atoms. The summed E-state index contributed by atoms with van der Waals surface area (Å²) in [5.41, 5.74) is 1.36. The van der Waals surface area contributed by atoms with Crippen LogP contribution < -0.4 is 10.6 Å². The van der Waals surface area contributed by atoms with Crippen LogP contribution in [-0.4, -0.2) is 11.8 Å². The van der Waals surface area contributed by atoms with Crippen molar-refractivity contribution in [3.8, 4) is 6.07 Å². The van der Waals surface area contributed by atoms with Gasteiger partial charge in [-0.1, -0.05) is 47.5 Å². The Kier molecular flexibility index (Phi) is 7.03. The molecule has 0 radical (unpaired) electrons. The number of halogens is 3. The Morgan fingerprint density at radius 2 is 1.65 bits per heavy atom. The largest absolute Gasteiger partial charge is 0.322 e. The Hall–Kier alpha value is -3.66. The van der Waals surface area contributed by atoms with Crippen molar-refractivity contribution in [1.82, 2.24) is 0 Å². The Morgan fingerprint density at radius 3 is 2.35 bits per heavy atom. The van der Waals surface area contributed by atoms with E-state index in [4.69, 9.17) is 23.2 Å². The summed E-state index contributed by atoms with van der Waals surface area (Å²) in [6, 6.07) is 18.8. The van der Waals surface area contributed by atoms with Crippen molar-refractivity contribution < 1.29 is 14.0 Å². The quantitative estimate of drug-likeness (QED) is 0.370. The molecule has 3 aromatic rings. The lowest BCUT2D eigenvalue weighted by molar-refractivity contribution is -0.112. The van der Waals surface area contributed by atoms with Crippen molar-refractivity contribution in [2.45, 2.75) is 0 Å². The normalized spacial score (nSPS) is 10.8. The van der Waals surface area contributed by atoms with Crippen LogP contribution in [0.2, 0.25) is 10.0 Å². The first-order valence-electron chi connectivity index (χ1n) is 8.91. The summed E-state index contributed by atoms with van der Waals surface area (Å²) in [5, 5.41) is 14.8. The van der Waals surface area contributed by atoms with E-state index in [-0.39, 0.29) is 16.3 Å². The number of carbonyl (C=O) groups excluding carboxylic acids is 2. The molecule has 0 fully saturated rings. The highest BCUT2D eigenvalue weighted by molar-refractivity contribution is 6.34. The molecule has 8 heteroatoms. The van der Waals surface area contributed by atoms with E-state index in [0.717, 1.165) is 6.07 Å². The zero-order valence-corrected chi connectivity index (χ0v) is 17.3. The molecule has 3 aromatic carbocycles. The van der Waals surface area contributed by atoms with Crippen LogP contribution in [0, 0.1) is 17.1 Å². The highest BCUT2D eigenvalue weighted by Gasteiger charge is 2.12. The van der Waals surface area contributed by atoms with Crippen LogP contribution in [0.15, 0.2) is 72.3 Å². The van der Waals surface area contributed by atoms with E-state index in [1.165, 1.54) is 18.2 Å². The molecule has 0 aromatic heterocycles. The van der Waals surface area contributed by atoms with Gasteiger partial charge in [-0.2, -0.15) is 5.26 Å². The molecule has 2 N–H and O–H groups in total. The van der Waals surface area contributed by atoms with Gasteiger partial charge in [-0.05, 0) is 54.1 Å². The number of hydrogen-bond acceptors (Lipinski definition) is 3. The predicted molar refractivity (Wildman–Crippen MR) is 119 cm³/mol. The number of nitrogens with one attached hydrogen (secondary N) is 2. The molecule has 0 aliphatic carbocycles. The number of nitrogens with zero attached hydrogens (tertiary/aromatic N) is 1. The summed E-state index contributed by atoms with van der Waals surface area (Å²) in [6.07, 6.45) is 1.37. The van der Waals surface area contributed by atoms with Gasteiger partial charge in [0.15, 0.2) is 0 Å². The highest BCUT2D eigenvalue weighted by atomic mass is 35.5. The maximum atomic E-state index is 13.3. The molecule has 0 aliphatic rings. The van der Waals surface area contributed by atoms with Crippen LogP contribution >= 0.6 is 23.2 Å². The number of hydrogen-bond donors (Lipinski definition) is 2. The molecule has 5 nitrogen and oxygen atoms in total. The lowest BCUT2D eigenvalue weighted by atomic mass is 10.1. The molecular weight excluding hydrogens is 440 g/mol. The molecule has 0 atom stereocenters. The second-order valence-electron chi connectivity index (χ2n) is 6.31. The van der Waals surface area contributed by atoms with Crippen molar-refractivity contribution in [3.63, 3.8) is 0 Å². The third kappa shape index (κ3) is 5.70. The SMILES string of the molecule is N#C/C(=C\c1cccc(NC(=O)c2ccccc2Cl)c1)C(=O)Nc1ccc(F)c(Cl)c1. The Balaban J connectivity index is 1.77. The fourth-order valence-electron chi connectivity index (χ4n) is 2.64. The van der Waals surface area contributed by atoms with Gasteiger partial charge in [0, 0.05) is 11.4 Å². The van der Waals surface area contributed by atoms with Gasteiger partial charge in [-0.25, -0.2) is 4.39 Å². The maximum Gasteiger partial charge on any atom is 0.266 e. The number of carbonyl (C=O) groups is 2. The summed E-state index contributed by atoms with van der Waals surface area (Å²) in [6.45, 7) is 0. The van der Waals surface area contributed by atoms with Gasteiger partial charge >= 0.3 is 0 Å². The molecule has 154 valence electrons. The van der Waals surface area contributed by atoms with E-state index in [9.17, 15) is 19.2 Å². The van der Waals surface area contributed by atoms with Crippen LogP contribution in [0.1, 0.15) is 15.9 Å². The van der Waals surface area contributed by atoms with Crippen LogP contribution in [-0.2, 0) is 4.79 Å². The Bertz CT molecular complexity index is 1240.